The predicted octanol–water partition coefficient (Wildman–Crippen LogP) is 3.19. The van der Waals surface area contributed by atoms with Crippen LogP contribution in [0.4, 0.5) is 0 Å². The van der Waals surface area contributed by atoms with Crippen LogP contribution >= 0.6 is 0 Å². The SMILES string of the molecule is O=C(c1ccccc1S(=O)(=O)N1CCOCC1)N1CCC(CCc2ccccc2)CC1. The van der Waals surface area contributed by atoms with Gasteiger partial charge in [0.2, 0.25) is 10.0 Å². The van der Waals surface area contributed by atoms with E-state index in [1.54, 1.807) is 24.3 Å². The summed E-state index contributed by atoms with van der Waals surface area (Å²) in [6, 6.07) is 17.1. The number of likely N-dealkylation sites (tertiary alicyclic amines) is 1. The lowest BCUT2D eigenvalue weighted by Crippen LogP contribution is -2.42. The zero-order valence-corrected chi connectivity index (χ0v) is 18.6. The van der Waals surface area contributed by atoms with Gasteiger partial charge in [-0.25, -0.2) is 8.42 Å². The Morgan fingerprint density at radius 1 is 0.903 bits per heavy atom. The van der Waals surface area contributed by atoms with Crippen LogP contribution < -0.4 is 0 Å². The number of piperidine rings is 1. The van der Waals surface area contributed by atoms with E-state index in [2.05, 4.69) is 24.3 Å². The Hall–Kier alpha value is -2.22. The molecule has 2 heterocycles. The Morgan fingerprint density at radius 3 is 2.26 bits per heavy atom. The molecule has 0 atom stereocenters. The minimum Gasteiger partial charge on any atom is -0.379 e. The molecule has 2 aliphatic rings. The van der Waals surface area contributed by atoms with Gasteiger partial charge < -0.3 is 9.64 Å². The van der Waals surface area contributed by atoms with E-state index in [-0.39, 0.29) is 16.4 Å². The van der Waals surface area contributed by atoms with Gasteiger partial charge in [-0.3, -0.25) is 4.79 Å². The molecular formula is C24H30N2O4S. The van der Waals surface area contributed by atoms with Crippen molar-refractivity contribution in [2.75, 3.05) is 39.4 Å². The van der Waals surface area contributed by atoms with Crippen molar-refractivity contribution in [3.63, 3.8) is 0 Å². The van der Waals surface area contributed by atoms with Crippen LogP contribution in [-0.2, 0) is 21.2 Å². The molecule has 4 rings (SSSR count). The van der Waals surface area contributed by atoms with Gasteiger partial charge in [0.1, 0.15) is 0 Å². The fraction of sp³-hybridized carbons (Fsp3) is 0.458. The van der Waals surface area contributed by atoms with Gasteiger partial charge in [-0.15, -0.1) is 0 Å². The first-order valence-electron chi connectivity index (χ1n) is 11.1. The van der Waals surface area contributed by atoms with Crippen molar-refractivity contribution >= 4 is 15.9 Å². The van der Waals surface area contributed by atoms with Crippen LogP contribution in [0.25, 0.3) is 0 Å². The van der Waals surface area contributed by atoms with Gasteiger partial charge in [0, 0.05) is 26.2 Å². The molecule has 0 spiro atoms. The zero-order chi connectivity index (χ0) is 21.7. The lowest BCUT2D eigenvalue weighted by Gasteiger charge is -2.33. The fourth-order valence-corrected chi connectivity index (χ4v) is 6.00. The van der Waals surface area contributed by atoms with Gasteiger partial charge in [0.15, 0.2) is 0 Å². The molecule has 0 saturated carbocycles. The fourth-order valence-electron chi connectivity index (χ4n) is 4.40. The van der Waals surface area contributed by atoms with Crippen molar-refractivity contribution in [3.05, 3.63) is 65.7 Å². The topological polar surface area (TPSA) is 66.9 Å². The maximum atomic E-state index is 13.3. The first-order chi connectivity index (χ1) is 15.1. The van der Waals surface area contributed by atoms with Crippen molar-refractivity contribution in [2.24, 2.45) is 5.92 Å². The van der Waals surface area contributed by atoms with Crippen LogP contribution in [0, 0.1) is 5.92 Å². The Balaban J connectivity index is 1.40. The Morgan fingerprint density at radius 2 is 1.55 bits per heavy atom. The number of hydrogen-bond acceptors (Lipinski definition) is 4. The molecule has 0 N–H and O–H groups in total. The number of ether oxygens (including phenoxy) is 1. The summed E-state index contributed by atoms with van der Waals surface area (Å²) < 4.78 is 33.0. The first-order valence-corrected chi connectivity index (χ1v) is 12.5. The molecule has 166 valence electrons. The summed E-state index contributed by atoms with van der Waals surface area (Å²) in [5, 5.41) is 0. The molecule has 6 nitrogen and oxygen atoms in total. The summed E-state index contributed by atoms with van der Waals surface area (Å²) in [7, 11) is -3.72. The smallest absolute Gasteiger partial charge is 0.255 e. The summed E-state index contributed by atoms with van der Waals surface area (Å²) in [4.78, 5) is 15.2. The molecule has 0 bridgehead atoms. The molecule has 2 fully saturated rings. The van der Waals surface area contributed by atoms with Crippen molar-refractivity contribution in [2.45, 2.75) is 30.6 Å². The summed E-state index contributed by atoms with van der Waals surface area (Å²) in [5.41, 5.74) is 1.62. The van der Waals surface area contributed by atoms with E-state index >= 15 is 0 Å². The molecular weight excluding hydrogens is 412 g/mol. The Labute approximate surface area is 184 Å². The van der Waals surface area contributed by atoms with Crippen molar-refractivity contribution < 1.29 is 17.9 Å². The van der Waals surface area contributed by atoms with Crippen molar-refractivity contribution in [1.29, 1.82) is 0 Å². The van der Waals surface area contributed by atoms with E-state index in [4.69, 9.17) is 4.74 Å². The highest BCUT2D eigenvalue weighted by molar-refractivity contribution is 7.89. The predicted molar refractivity (Wildman–Crippen MR) is 119 cm³/mol. The number of sulfonamides is 1. The van der Waals surface area contributed by atoms with Crippen molar-refractivity contribution in [1.82, 2.24) is 9.21 Å². The second-order valence-electron chi connectivity index (χ2n) is 8.27. The monoisotopic (exact) mass is 442 g/mol. The van der Waals surface area contributed by atoms with Crippen molar-refractivity contribution in [3.8, 4) is 0 Å². The minimum absolute atomic E-state index is 0.105. The number of carbonyl (C=O) groups is 1. The number of benzene rings is 2. The molecule has 2 aromatic carbocycles. The van der Waals surface area contributed by atoms with Crippen LogP contribution in [0.3, 0.4) is 0 Å². The van der Waals surface area contributed by atoms with E-state index in [0.717, 1.165) is 25.7 Å². The lowest BCUT2D eigenvalue weighted by molar-refractivity contribution is 0.0680. The molecule has 2 aromatic rings. The number of morpholine rings is 1. The highest BCUT2D eigenvalue weighted by Crippen LogP contribution is 2.26. The van der Waals surface area contributed by atoms with Crippen LogP contribution in [-0.4, -0.2) is 62.9 Å². The highest BCUT2D eigenvalue weighted by Gasteiger charge is 2.32. The maximum absolute atomic E-state index is 13.3. The molecule has 31 heavy (non-hydrogen) atoms. The third-order valence-electron chi connectivity index (χ3n) is 6.29. The van der Waals surface area contributed by atoms with Crippen LogP contribution in [0.2, 0.25) is 0 Å². The second kappa shape index (κ2) is 9.94. The molecule has 0 unspecified atom stereocenters. The summed E-state index contributed by atoms with van der Waals surface area (Å²) in [5.74, 6) is 0.408. The van der Waals surface area contributed by atoms with Gasteiger partial charge in [-0.05, 0) is 49.3 Å². The van der Waals surface area contributed by atoms with Crippen LogP contribution in [0.15, 0.2) is 59.5 Å². The highest BCUT2D eigenvalue weighted by atomic mass is 32.2. The van der Waals surface area contributed by atoms with Gasteiger partial charge in [-0.2, -0.15) is 4.31 Å². The number of rotatable bonds is 6. The van der Waals surface area contributed by atoms with E-state index in [1.165, 1.54) is 9.87 Å². The zero-order valence-electron chi connectivity index (χ0n) is 17.8. The third-order valence-corrected chi connectivity index (χ3v) is 8.25. The Kier molecular flexibility index (Phi) is 7.05. The largest absolute Gasteiger partial charge is 0.379 e. The van der Waals surface area contributed by atoms with Gasteiger partial charge in [0.25, 0.3) is 5.91 Å². The van der Waals surface area contributed by atoms with E-state index < -0.39 is 10.0 Å². The summed E-state index contributed by atoms with van der Waals surface area (Å²) in [6.07, 6.45) is 4.09. The summed E-state index contributed by atoms with van der Waals surface area (Å²) in [6.45, 7) is 2.74. The molecule has 2 aliphatic heterocycles. The van der Waals surface area contributed by atoms with Gasteiger partial charge in [-0.1, -0.05) is 42.5 Å². The average molecular weight is 443 g/mol. The van der Waals surface area contributed by atoms with E-state index in [0.29, 0.717) is 45.3 Å². The lowest BCUT2D eigenvalue weighted by atomic mass is 9.90. The standard InChI is InChI=1S/C24H30N2O4S/c27-24(25-14-12-21(13-15-25)11-10-20-6-2-1-3-7-20)22-8-4-5-9-23(22)31(28,29)26-16-18-30-19-17-26/h1-9,21H,10-19H2. The average Bonchev–Trinajstić information content (AvgIpc) is 2.84. The maximum Gasteiger partial charge on any atom is 0.255 e. The molecule has 0 radical (unpaired) electrons. The number of hydrogen-bond donors (Lipinski definition) is 0. The van der Waals surface area contributed by atoms with E-state index in [1.807, 2.05) is 11.0 Å². The van der Waals surface area contributed by atoms with Gasteiger partial charge in [0.05, 0.1) is 23.7 Å². The third kappa shape index (κ3) is 5.17. The second-order valence-corrected chi connectivity index (χ2v) is 10.2. The van der Waals surface area contributed by atoms with Gasteiger partial charge >= 0.3 is 0 Å². The number of carbonyl (C=O) groups excluding carboxylic acids is 1. The number of amides is 1. The van der Waals surface area contributed by atoms with E-state index in [9.17, 15) is 13.2 Å². The Bertz CT molecular complexity index is 980. The number of aryl methyl sites for hydroxylation is 1. The molecule has 0 aliphatic carbocycles. The molecule has 1 amide bonds. The van der Waals surface area contributed by atoms with Crippen LogP contribution in [0.5, 0.6) is 0 Å². The quantitative estimate of drug-likeness (QED) is 0.689. The number of nitrogens with zero attached hydrogens (tertiary/aromatic N) is 2. The van der Waals surface area contributed by atoms with Crippen LogP contribution in [0.1, 0.15) is 35.2 Å². The first kappa shape index (κ1) is 22.0. The molecule has 2 saturated heterocycles. The minimum atomic E-state index is -3.72. The molecule has 0 aromatic heterocycles. The summed E-state index contributed by atoms with van der Waals surface area (Å²) >= 11 is 0. The molecule has 7 heteroatoms. The normalized spacial score (nSPS) is 18.8.